The SMILES string of the molecule is C=C(Br)CNc1c(Cl)cc(F)cc1Br. The molecule has 0 saturated heterocycles. The number of rotatable bonds is 3. The smallest absolute Gasteiger partial charge is 0.125 e. The summed E-state index contributed by atoms with van der Waals surface area (Å²) < 4.78 is 14.2. The number of hydrogen-bond acceptors (Lipinski definition) is 1. The van der Waals surface area contributed by atoms with Crippen molar-refractivity contribution in [3.05, 3.63) is 38.5 Å². The largest absolute Gasteiger partial charge is 0.378 e. The van der Waals surface area contributed by atoms with Crippen LogP contribution in [0.25, 0.3) is 0 Å². The standard InChI is InChI=1S/C9H7Br2ClFN/c1-5(10)4-14-9-7(11)2-6(13)3-8(9)12/h2-3,14H,1,4H2. The van der Waals surface area contributed by atoms with E-state index in [1.165, 1.54) is 12.1 Å². The van der Waals surface area contributed by atoms with Crippen molar-refractivity contribution < 1.29 is 4.39 Å². The van der Waals surface area contributed by atoms with Crippen molar-refractivity contribution in [2.45, 2.75) is 0 Å². The van der Waals surface area contributed by atoms with Gasteiger partial charge < -0.3 is 5.32 Å². The molecule has 0 spiro atoms. The van der Waals surface area contributed by atoms with E-state index >= 15 is 0 Å². The molecule has 5 heteroatoms. The highest BCUT2D eigenvalue weighted by atomic mass is 79.9. The Labute approximate surface area is 104 Å². The highest BCUT2D eigenvalue weighted by Gasteiger charge is 2.07. The van der Waals surface area contributed by atoms with Gasteiger partial charge in [0.05, 0.1) is 10.7 Å². The number of hydrogen-bond donors (Lipinski definition) is 1. The molecule has 1 aromatic carbocycles. The monoisotopic (exact) mass is 341 g/mol. The van der Waals surface area contributed by atoms with Crippen LogP contribution in [-0.4, -0.2) is 6.54 Å². The number of halogens is 4. The Kier molecular flexibility index (Phi) is 4.41. The zero-order valence-electron chi connectivity index (χ0n) is 7.08. The van der Waals surface area contributed by atoms with Gasteiger partial charge in [-0.1, -0.05) is 34.1 Å². The molecule has 0 heterocycles. The second kappa shape index (κ2) is 5.14. The number of nitrogens with one attached hydrogen (secondary N) is 1. The minimum Gasteiger partial charge on any atom is -0.378 e. The summed E-state index contributed by atoms with van der Waals surface area (Å²) in [5.74, 6) is -0.370. The van der Waals surface area contributed by atoms with Crippen LogP contribution in [0.4, 0.5) is 10.1 Å². The molecule has 0 aliphatic rings. The van der Waals surface area contributed by atoms with Crippen molar-refractivity contribution in [2.24, 2.45) is 0 Å². The molecular weight excluding hydrogens is 336 g/mol. The molecule has 76 valence electrons. The van der Waals surface area contributed by atoms with E-state index in [-0.39, 0.29) is 5.82 Å². The fraction of sp³-hybridized carbons (Fsp3) is 0.111. The molecule has 0 fully saturated rings. The average molecular weight is 343 g/mol. The quantitative estimate of drug-likeness (QED) is 0.848. The Hall–Kier alpha value is -0.0600. The van der Waals surface area contributed by atoms with Gasteiger partial charge in [0.25, 0.3) is 0 Å². The van der Waals surface area contributed by atoms with Crippen LogP contribution in [0, 0.1) is 5.82 Å². The highest BCUT2D eigenvalue weighted by molar-refractivity contribution is 9.11. The maximum absolute atomic E-state index is 12.8. The van der Waals surface area contributed by atoms with Crippen LogP contribution in [0.1, 0.15) is 0 Å². The highest BCUT2D eigenvalue weighted by Crippen LogP contribution is 2.31. The molecule has 0 aromatic heterocycles. The molecule has 0 atom stereocenters. The molecule has 1 aromatic rings. The number of benzene rings is 1. The molecule has 0 unspecified atom stereocenters. The summed E-state index contributed by atoms with van der Waals surface area (Å²) in [6.45, 7) is 4.20. The lowest BCUT2D eigenvalue weighted by Crippen LogP contribution is -2.02. The molecule has 14 heavy (non-hydrogen) atoms. The van der Waals surface area contributed by atoms with Crippen molar-refractivity contribution in [3.8, 4) is 0 Å². The zero-order valence-corrected chi connectivity index (χ0v) is 11.0. The summed E-state index contributed by atoms with van der Waals surface area (Å²) in [7, 11) is 0. The van der Waals surface area contributed by atoms with Gasteiger partial charge >= 0.3 is 0 Å². The minimum absolute atomic E-state index is 0.339. The molecule has 1 rings (SSSR count). The van der Waals surface area contributed by atoms with Crippen LogP contribution in [0.15, 0.2) is 27.7 Å². The first-order chi connectivity index (χ1) is 6.50. The number of anilines is 1. The van der Waals surface area contributed by atoms with Gasteiger partial charge in [0.2, 0.25) is 0 Å². The van der Waals surface area contributed by atoms with Crippen LogP contribution < -0.4 is 5.32 Å². The first kappa shape index (κ1) is 12.0. The van der Waals surface area contributed by atoms with Gasteiger partial charge in [-0.3, -0.25) is 0 Å². The van der Waals surface area contributed by atoms with E-state index < -0.39 is 0 Å². The summed E-state index contributed by atoms with van der Waals surface area (Å²) in [6, 6.07) is 2.61. The maximum atomic E-state index is 12.8. The van der Waals surface area contributed by atoms with Crippen LogP contribution in [-0.2, 0) is 0 Å². The van der Waals surface area contributed by atoms with Gasteiger partial charge in [-0.2, -0.15) is 0 Å². The molecule has 0 radical (unpaired) electrons. The van der Waals surface area contributed by atoms with E-state index in [1.807, 2.05) is 0 Å². The van der Waals surface area contributed by atoms with E-state index in [1.54, 1.807) is 0 Å². The molecule has 0 aliphatic heterocycles. The van der Waals surface area contributed by atoms with Crippen molar-refractivity contribution >= 4 is 49.1 Å². The Morgan fingerprint density at radius 1 is 1.57 bits per heavy atom. The van der Waals surface area contributed by atoms with Crippen LogP contribution in [0.5, 0.6) is 0 Å². The van der Waals surface area contributed by atoms with Gasteiger partial charge in [-0.05, 0) is 28.1 Å². The summed E-state index contributed by atoms with van der Waals surface area (Å²) in [5.41, 5.74) is 0.661. The average Bonchev–Trinajstić information content (AvgIpc) is 2.01. The van der Waals surface area contributed by atoms with Crippen LogP contribution in [0.3, 0.4) is 0 Å². The predicted molar refractivity (Wildman–Crippen MR) is 65.7 cm³/mol. The van der Waals surface area contributed by atoms with Gasteiger partial charge in [-0.15, -0.1) is 0 Å². The lowest BCUT2D eigenvalue weighted by atomic mass is 10.3. The summed E-state index contributed by atoms with van der Waals surface area (Å²) in [5, 5.41) is 3.35. The van der Waals surface area contributed by atoms with Gasteiger partial charge in [0, 0.05) is 15.5 Å². The van der Waals surface area contributed by atoms with Crippen molar-refractivity contribution in [1.29, 1.82) is 0 Å². The zero-order chi connectivity index (χ0) is 10.7. The van der Waals surface area contributed by atoms with E-state index in [9.17, 15) is 4.39 Å². The van der Waals surface area contributed by atoms with Gasteiger partial charge in [-0.25, -0.2) is 4.39 Å². The first-order valence-electron chi connectivity index (χ1n) is 3.72. The molecule has 1 nitrogen and oxygen atoms in total. The third kappa shape index (κ3) is 3.26. The molecule has 1 N–H and O–H groups in total. The first-order valence-corrected chi connectivity index (χ1v) is 5.69. The lowest BCUT2D eigenvalue weighted by Gasteiger charge is -2.09. The molecule has 0 bridgehead atoms. The summed E-state index contributed by atoms with van der Waals surface area (Å²) in [4.78, 5) is 0. The second-order valence-corrected chi connectivity index (χ2v) is 5.00. The summed E-state index contributed by atoms with van der Waals surface area (Å²) >= 11 is 12.3. The maximum Gasteiger partial charge on any atom is 0.125 e. The second-order valence-electron chi connectivity index (χ2n) is 2.62. The van der Waals surface area contributed by atoms with Crippen molar-refractivity contribution in [3.63, 3.8) is 0 Å². The minimum atomic E-state index is -0.370. The van der Waals surface area contributed by atoms with E-state index in [4.69, 9.17) is 11.6 Å². The topological polar surface area (TPSA) is 12.0 Å². The van der Waals surface area contributed by atoms with Gasteiger partial charge in [0.15, 0.2) is 0 Å². The molecular formula is C9H7Br2ClFN. The molecule has 0 amide bonds. The molecule has 0 aliphatic carbocycles. The van der Waals surface area contributed by atoms with Gasteiger partial charge in [0.1, 0.15) is 5.82 Å². The third-order valence-corrected chi connectivity index (χ3v) is 2.67. The van der Waals surface area contributed by atoms with Crippen molar-refractivity contribution in [1.82, 2.24) is 0 Å². The third-order valence-electron chi connectivity index (χ3n) is 1.46. The molecule has 0 saturated carbocycles. The lowest BCUT2D eigenvalue weighted by molar-refractivity contribution is 0.627. The summed E-state index contributed by atoms with van der Waals surface area (Å²) in [6.07, 6.45) is 0. The van der Waals surface area contributed by atoms with E-state index in [0.717, 1.165) is 4.48 Å². The van der Waals surface area contributed by atoms with E-state index in [0.29, 0.717) is 21.7 Å². The Balaban J connectivity index is 2.91. The normalized spacial score (nSPS) is 10.0. The fourth-order valence-electron chi connectivity index (χ4n) is 0.895. The predicted octanol–water partition coefficient (Wildman–Crippen LogP) is 4.56. The van der Waals surface area contributed by atoms with Crippen LogP contribution in [0.2, 0.25) is 5.02 Å². The Morgan fingerprint density at radius 2 is 2.21 bits per heavy atom. The Bertz CT molecular complexity index is 345. The Morgan fingerprint density at radius 3 is 2.71 bits per heavy atom. The van der Waals surface area contributed by atoms with Crippen molar-refractivity contribution in [2.75, 3.05) is 11.9 Å². The van der Waals surface area contributed by atoms with E-state index in [2.05, 4.69) is 43.8 Å². The fourth-order valence-corrected chi connectivity index (χ4v) is 2.00. The van der Waals surface area contributed by atoms with Crippen LogP contribution >= 0.6 is 43.5 Å².